The lowest BCUT2D eigenvalue weighted by molar-refractivity contribution is -0.128. The molecule has 15 heavy (non-hydrogen) atoms. The summed E-state index contributed by atoms with van der Waals surface area (Å²) in [5, 5.41) is 11.6. The minimum atomic E-state index is -0.945. The molecule has 2 N–H and O–H groups in total. The van der Waals surface area contributed by atoms with Gasteiger partial charge in [0.25, 0.3) is 0 Å². The van der Waals surface area contributed by atoms with E-state index in [1.165, 1.54) is 12.5 Å². The number of carbonyl (C=O) groups is 1. The van der Waals surface area contributed by atoms with Crippen LogP contribution in [0.2, 0.25) is 0 Å². The Hall–Kier alpha value is -1.35. The van der Waals surface area contributed by atoms with E-state index < -0.39 is 6.10 Å². The number of amides is 1. The third-order valence-corrected chi connectivity index (χ3v) is 2.28. The molecule has 1 unspecified atom stereocenters. The lowest BCUT2D eigenvalue weighted by atomic mass is 10.1. The van der Waals surface area contributed by atoms with Crippen LogP contribution in [0.25, 0.3) is 0 Å². The van der Waals surface area contributed by atoms with E-state index in [4.69, 9.17) is 5.11 Å². The van der Waals surface area contributed by atoms with E-state index in [9.17, 15) is 4.79 Å². The van der Waals surface area contributed by atoms with Gasteiger partial charge in [-0.15, -0.1) is 0 Å². The summed E-state index contributed by atoms with van der Waals surface area (Å²) in [4.78, 5) is 11.1. The number of aliphatic hydroxyl groups excluding tert-OH is 1. The molecule has 0 fully saturated rings. The van der Waals surface area contributed by atoms with Crippen LogP contribution >= 0.6 is 0 Å². The maximum absolute atomic E-state index is 11.1. The summed E-state index contributed by atoms with van der Waals surface area (Å²) in [6, 6.07) is 8.07. The number of benzene rings is 1. The minimum Gasteiger partial charge on any atom is -0.384 e. The highest BCUT2D eigenvalue weighted by molar-refractivity contribution is 5.79. The van der Waals surface area contributed by atoms with Gasteiger partial charge in [0.1, 0.15) is 6.10 Å². The van der Waals surface area contributed by atoms with Crippen LogP contribution in [0.3, 0.4) is 0 Å². The Labute approximate surface area is 90.1 Å². The van der Waals surface area contributed by atoms with Gasteiger partial charge >= 0.3 is 0 Å². The van der Waals surface area contributed by atoms with E-state index in [2.05, 4.69) is 12.2 Å². The van der Waals surface area contributed by atoms with E-state index in [0.717, 1.165) is 12.0 Å². The Morgan fingerprint density at radius 2 is 1.87 bits per heavy atom. The second-order valence-corrected chi connectivity index (χ2v) is 3.56. The molecule has 0 saturated carbocycles. The zero-order valence-corrected chi connectivity index (χ0v) is 9.16. The van der Waals surface area contributed by atoms with Gasteiger partial charge in [0.15, 0.2) is 0 Å². The van der Waals surface area contributed by atoms with Crippen molar-refractivity contribution in [3.8, 4) is 0 Å². The van der Waals surface area contributed by atoms with Gasteiger partial charge in [-0.05, 0) is 24.5 Å². The molecule has 0 spiro atoms. The van der Waals surface area contributed by atoms with Crippen LogP contribution in [0.1, 0.15) is 25.0 Å². The third kappa shape index (κ3) is 3.72. The highest BCUT2D eigenvalue weighted by Crippen LogP contribution is 2.04. The van der Waals surface area contributed by atoms with E-state index in [1.54, 1.807) is 0 Å². The highest BCUT2D eigenvalue weighted by Gasteiger charge is 2.06. The second-order valence-electron chi connectivity index (χ2n) is 3.56. The van der Waals surface area contributed by atoms with Crippen molar-refractivity contribution in [2.75, 3.05) is 0 Å². The molecule has 0 aliphatic heterocycles. The van der Waals surface area contributed by atoms with Gasteiger partial charge in [-0.1, -0.05) is 31.2 Å². The topological polar surface area (TPSA) is 49.3 Å². The average molecular weight is 207 g/mol. The molecule has 3 nitrogen and oxygen atoms in total. The first kappa shape index (κ1) is 11.7. The molecule has 1 aromatic rings. The monoisotopic (exact) mass is 207 g/mol. The van der Waals surface area contributed by atoms with Crippen LogP contribution in [0.15, 0.2) is 24.3 Å². The maximum Gasteiger partial charge on any atom is 0.248 e. The summed E-state index contributed by atoms with van der Waals surface area (Å²) in [5.41, 5.74) is 2.32. The average Bonchev–Trinajstić information content (AvgIpc) is 2.26. The predicted octanol–water partition coefficient (Wildman–Crippen LogP) is 1.25. The number of aryl methyl sites for hydroxylation is 1. The summed E-state index contributed by atoms with van der Waals surface area (Å²) >= 11 is 0. The molecule has 1 amide bonds. The number of hydrogen-bond acceptors (Lipinski definition) is 2. The smallest absolute Gasteiger partial charge is 0.248 e. The van der Waals surface area contributed by atoms with Crippen molar-refractivity contribution in [2.24, 2.45) is 0 Å². The minimum absolute atomic E-state index is 0.338. The molecule has 1 aromatic carbocycles. The molecule has 0 radical (unpaired) electrons. The highest BCUT2D eigenvalue weighted by atomic mass is 16.3. The third-order valence-electron chi connectivity index (χ3n) is 2.28. The van der Waals surface area contributed by atoms with Crippen molar-refractivity contribution >= 4 is 5.91 Å². The van der Waals surface area contributed by atoms with Crippen LogP contribution in [-0.2, 0) is 17.8 Å². The van der Waals surface area contributed by atoms with E-state index in [-0.39, 0.29) is 5.91 Å². The van der Waals surface area contributed by atoms with Crippen molar-refractivity contribution in [2.45, 2.75) is 32.9 Å². The summed E-state index contributed by atoms with van der Waals surface area (Å²) in [6.45, 7) is 4.02. The largest absolute Gasteiger partial charge is 0.384 e. The Balaban J connectivity index is 2.47. The molecule has 0 heterocycles. The van der Waals surface area contributed by atoms with Crippen LogP contribution < -0.4 is 5.32 Å². The van der Waals surface area contributed by atoms with Gasteiger partial charge in [0.05, 0.1) is 0 Å². The Bertz CT molecular complexity index is 317. The molecule has 0 saturated heterocycles. The molecule has 0 bridgehead atoms. The lowest BCUT2D eigenvalue weighted by Crippen LogP contribution is -2.31. The quantitative estimate of drug-likeness (QED) is 0.780. The molecular weight excluding hydrogens is 190 g/mol. The lowest BCUT2D eigenvalue weighted by Gasteiger charge is -2.07. The molecule has 1 atom stereocenters. The number of carbonyl (C=O) groups excluding carboxylic acids is 1. The number of hydrogen-bond donors (Lipinski definition) is 2. The standard InChI is InChI=1S/C12H17NO2/c1-3-10-4-6-11(7-5-10)8-13-12(15)9(2)14/h4-7,9,14H,3,8H2,1-2H3,(H,13,15). The number of aliphatic hydroxyl groups is 1. The van der Waals surface area contributed by atoms with Gasteiger partial charge in [-0.25, -0.2) is 0 Å². The zero-order valence-electron chi connectivity index (χ0n) is 9.16. The van der Waals surface area contributed by atoms with E-state index in [0.29, 0.717) is 6.54 Å². The summed E-state index contributed by atoms with van der Waals surface area (Å²) < 4.78 is 0. The second kappa shape index (κ2) is 5.51. The predicted molar refractivity (Wildman–Crippen MR) is 59.3 cm³/mol. The van der Waals surface area contributed by atoms with Crippen LogP contribution in [0, 0.1) is 0 Å². The molecular formula is C12H17NO2. The van der Waals surface area contributed by atoms with Crippen molar-refractivity contribution in [3.63, 3.8) is 0 Å². The molecule has 0 aromatic heterocycles. The first-order valence-electron chi connectivity index (χ1n) is 5.17. The van der Waals surface area contributed by atoms with Crippen LogP contribution in [0.4, 0.5) is 0 Å². The zero-order chi connectivity index (χ0) is 11.3. The maximum atomic E-state index is 11.1. The molecule has 3 heteroatoms. The van der Waals surface area contributed by atoms with Crippen LogP contribution in [0.5, 0.6) is 0 Å². The van der Waals surface area contributed by atoms with Gasteiger partial charge < -0.3 is 10.4 Å². The fraction of sp³-hybridized carbons (Fsp3) is 0.417. The fourth-order valence-electron chi connectivity index (χ4n) is 1.23. The van der Waals surface area contributed by atoms with Gasteiger partial charge in [0, 0.05) is 6.54 Å². The summed E-state index contributed by atoms with van der Waals surface area (Å²) in [5.74, 6) is -0.338. The van der Waals surface area contributed by atoms with Crippen LogP contribution in [-0.4, -0.2) is 17.1 Å². The number of rotatable bonds is 4. The number of nitrogens with one attached hydrogen (secondary N) is 1. The summed E-state index contributed by atoms with van der Waals surface area (Å²) in [6.07, 6.45) is 0.0697. The van der Waals surface area contributed by atoms with E-state index >= 15 is 0 Å². The normalized spacial score (nSPS) is 12.2. The van der Waals surface area contributed by atoms with E-state index in [1.807, 2.05) is 24.3 Å². The van der Waals surface area contributed by atoms with Crippen molar-refractivity contribution in [1.82, 2.24) is 5.32 Å². The Morgan fingerprint density at radius 3 is 2.33 bits per heavy atom. The van der Waals surface area contributed by atoms with Gasteiger partial charge in [0.2, 0.25) is 5.91 Å². The SMILES string of the molecule is CCc1ccc(CNC(=O)C(C)O)cc1. The van der Waals surface area contributed by atoms with Gasteiger partial charge in [-0.2, -0.15) is 0 Å². The summed E-state index contributed by atoms with van der Waals surface area (Å²) in [7, 11) is 0. The van der Waals surface area contributed by atoms with Crippen molar-refractivity contribution in [3.05, 3.63) is 35.4 Å². The first-order valence-corrected chi connectivity index (χ1v) is 5.17. The molecule has 1 rings (SSSR count). The Morgan fingerprint density at radius 1 is 1.33 bits per heavy atom. The molecule has 0 aliphatic carbocycles. The molecule has 82 valence electrons. The first-order chi connectivity index (χ1) is 7.13. The molecule has 0 aliphatic rings. The van der Waals surface area contributed by atoms with Crippen molar-refractivity contribution < 1.29 is 9.90 Å². The van der Waals surface area contributed by atoms with Crippen molar-refractivity contribution in [1.29, 1.82) is 0 Å². The Kier molecular flexibility index (Phi) is 4.31. The van der Waals surface area contributed by atoms with Gasteiger partial charge in [-0.3, -0.25) is 4.79 Å². The fourth-order valence-corrected chi connectivity index (χ4v) is 1.23.